The molecule has 0 heterocycles. The van der Waals surface area contributed by atoms with E-state index < -0.39 is 0 Å². The van der Waals surface area contributed by atoms with Gasteiger partial charge >= 0.3 is 0 Å². The molecular weight excluding hydrogens is 429 g/mol. The minimum Gasteiger partial charge on any atom is -0.381 e. The highest BCUT2D eigenvalue weighted by molar-refractivity contribution is 14.0. The summed E-state index contributed by atoms with van der Waals surface area (Å²) < 4.78 is 10.7. The fourth-order valence-electron chi connectivity index (χ4n) is 2.15. The van der Waals surface area contributed by atoms with Crippen LogP contribution >= 0.6 is 24.0 Å². The van der Waals surface area contributed by atoms with Crippen LogP contribution in [0.15, 0.2) is 29.3 Å². The number of methoxy groups -OCH3 is 1. The van der Waals surface area contributed by atoms with Gasteiger partial charge in [-0.05, 0) is 30.9 Å². The Labute approximate surface area is 170 Å². The number of unbranched alkanes of at least 4 members (excludes halogenated alkanes) is 1. The van der Waals surface area contributed by atoms with Crippen LogP contribution in [0.2, 0.25) is 0 Å². The fraction of sp³-hybridized carbons (Fsp3) is 0.632. The molecule has 0 bridgehead atoms. The van der Waals surface area contributed by atoms with Crippen LogP contribution in [0, 0.1) is 0 Å². The maximum Gasteiger partial charge on any atom is 0.191 e. The van der Waals surface area contributed by atoms with E-state index in [0.29, 0.717) is 13.2 Å². The zero-order chi connectivity index (χ0) is 17.5. The maximum absolute atomic E-state index is 5.57. The summed E-state index contributed by atoms with van der Waals surface area (Å²) in [4.78, 5) is 4.63. The van der Waals surface area contributed by atoms with Gasteiger partial charge in [0.1, 0.15) is 0 Å². The van der Waals surface area contributed by atoms with Gasteiger partial charge in [-0.2, -0.15) is 0 Å². The van der Waals surface area contributed by atoms with Gasteiger partial charge in [0.25, 0.3) is 0 Å². The predicted octanol–water partition coefficient (Wildman–Crippen LogP) is 3.71. The van der Waals surface area contributed by atoms with Crippen molar-refractivity contribution in [3.63, 3.8) is 0 Å². The van der Waals surface area contributed by atoms with Gasteiger partial charge in [0.05, 0.1) is 13.2 Å². The topological polar surface area (TPSA) is 54.9 Å². The van der Waals surface area contributed by atoms with Crippen LogP contribution in [-0.2, 0) is 22.6 Å². The number of hydrogen-bond acceptors (Lipinski definition) is 3. The van der Waals surface area contributed by atoms with Crippen molar-refractivity contribution in [3.05, 3.63) is 35.4 Å². The average Bonchev–Trinajstić information content (AvgIpc) is 2.60. The molecule has 1 rings (SSSR count). The molecule has 1 aromatic carbocycles. The third-order valence-electron chi connectivity index (χ3n) is 3.50. The average molecular weight is 463 g/mol. The Kier molecular flexibility index (Phi) is 16.0. The first kappa shape index (κ1) is 24.1. The zero-order valence-corrected chi connectivity index (χ0v) is 18.2. The molecule has 6 heteroatoms. The second-order valence-electron chi connectivity index (χ2n) is 5.69. The summed E-state index contributed by atoms with van der Waals surface area (Å²) in [7, 11) is 1.71. The highest BCUT2D eigenvalue weighted by atomic mass is 127. The van der Waals surface area contributed by atoms with Crippen molar-refractivity contribution in [2.45, 2.75) is 46.3 Å². The summed E-state index contributed by atoms with van der Waals surface area (Å²) in [6.07, 6.45) is 3.31. The smallest absolute Gasteiger partial charge is 0.191 e. The third-order valence-corrected chi connectivity index (χ3v) is 3.50. The molecular formula is C19H34IN3O2. The van der Waals surface area contributed by atoms with Gasteiger partial charge < -0.3 is 20.1 Å². The van der Waals surface area contributed by atoms with Crippen LogP contribution in [0.3, 0.4) is 0 Å². The predicted molar refractivity (Wildman–Crippen MR) is 116 cm³/mol. The molecule has 0 amide bonds. The summed E-state index contributed by atoms with van der Waals surface area (Å²) in [6, 6.07) is 8.37. The van der Waals surface area contributed by atoms with Crippen molar-refractivity contribution in [1.29, 1.82) is 0 Å². The lowest BCUT2D eigenvalue weighted by molar-refractivity contribution is 0.129. The molecule has 0 unspecified atom stereocenters. The molecule has 0 aliphatic heterocycles. The van der Waals surface area contributed by atoms with Gasteiger partial charge in [0.15, 0.2) is 5.96 Å². The molecule has 0 spiro atoms. The van der Waals surface area contributed by atoms with Crippen LogP contribution in [0.4, 0.5) is 0 Å². The molecule has 0 saturated carbocycles. The van der Waals surface area contributed by atoms with E-state index in [2.05, 4.69) is 53.7 Å². The van der Waals surface area contributed by atoms with Crippen molar-refractivity contribution >= 4 is 29.9 Å². The summed E-state index contributed by atoms with van der Waals surface area (Å²) in [5.41, 5.74) is 2.37. The SMILES string of the molecule is CCCCOCCCNC(=NCc1ccc(COC)cc1)NCC.I. The van der Waals surface area contributed by atoms with Crippen molar-refractivity contribution in [2.75, 3.05) is 33.4 Å². The summed E-state index contributed by atoms with van der Waals surface area (Å²) in [5, 5.41) is 6.63. The molecule has 0 aliphatic rings. The summed E-state index contributed by atoms with van der Waals surface area (Å²) in [6.45, 7) is 8.94. The monoisotopic (exact) mass is 463 g/mol. The standard InChI is InChI=1S/C19H33N3O2.HI/c1-4-6-13-24-14-7-12-21-19(20-5-2)22-15-17-8-10-18(11-9-17)16-23-3;/h8-11H,4-7,12-16H2,1-3H3,(H2,20,21,22);1H. The number of benzene rings is 1. The minimum absolute atomic E-state index is 0. The Morgan fingerprint density at radius 2 is 1.68 bits per heavy atom. The van der Waals surface area contributed by atoms with Crippen molar-refractivity contribution in [3.8, 4) is 0 Å². The second-order valence-corrected chi connectivity index (χ2v) is 5.69. The number of guanidine groups is 1. The van der Waals surface area contributed by atoms with Crippen LogP contribution in [0.5, 0.6) is 0 Å². The van der Waals surface area contributed by atoms with E-state index in [9.17, 15) is 0 Å². The highest BCUT2D eigenvalue weighted by Gasteiger charge is 1.98. The highest BCUT2D eigenvalue weighted by Crippen LogP contribution is 2.06. The van der Waals surface area contributed by atoms with Crippen LogP contribution in [0.25, 0.3) is 0 Å². The molecule has 0 fully saturated rings. The molecule has 0 saturated heterocycles. The van der Waals surface area contributed by atoms with Gasteiger partial charge in [-0.3, -0.25) is 0 Å². The first-order valence-corrected chi connectivity index (χ1v) is 8.96. The molecule has 0 atom stereocenters. The first-order chi connectivity index (χ1) is 11.8. The number of hydrogen-bond donors (Lipinski definition) is 2. The second kappa shape index (κ2) is 16.6. The maximum atomic E-state index is 5.57. The van der Waals surface area contributed by atoms with E-state index in [1.807, 2.05) is 0 Å². The molecule has 0 aromatic heterocycles. The Hall–Kier alpha value is -0.860. The van der Waals surface area contributed by atoms with Gasteiger partial charge in [0, 0.05) is 33.4 Å². The lowest BCUT2D eigenvalue weighted by Crippen LogP contribution is -2.38. The molecule has 0 radical (unpaired) electrons. The Bertz CT molecular complexity index is 452. The lowest BCUT2D eigenvalue weighted by atomic mass is 10.1. The van der Waals surface area contributed by atoms with E-state index in [1.165, 1.54) is 17.5 Å². The van der Waals surface area contributed by atoms with Gasteiger partial charge in [0.2, 0.25) is 0 Å². The number of ether oxygens (including phenoxy) is 2. The van der Waals surface area contributed by atoms with Crippen LogP contribution in [-0.4, -0.2) is 39.4 Å². The van der Waals surface area contributed by atoms with Crippen molar-refractivity contribution in [2.24, 2.45) is 4.99 Å². The largest absolute Gasteiger partial charge is 0.381 e. The van der Waals surface area contributed by atoms with Crippen molar-refractivity contribution in [1.82, 2.24) is 10.6 Å². The number of aliphatic imine (C=N–C) groups is 1. The quantitative estimate of drug-likeness (QED) is 0.215. The number of rotatable bonds is 12. The van der Waals surface area contributed by atoms with Crippen LogP contribution in [0.1, 0.15) is 44.2 Å². The number of nitrogens with one attached hydrogen (secondary N) is 2. The van der Waals surface area contributed by atoms with E-state index in [1.54, 1.807) is 7.11 Å². The molecule has 144 valence electrons. The first-order valence-electron chi connectivity index (χ1n) is 8.96. The molecule has 5 nitrogen and oxygen atoms in total. The Morgan fingerprint density at radius 1 is 1.00 bits per heavy atom. The molecule has 2 N–H and O–H groups in total. The molecule has 0 aliphatic carbocycles. The van der Waals surface area contributed by atoms with Gasteiger partial charge in [-0.25, -0.2) is 4.99 Å². The van der Waals surface area contributed by atoms with E-state index >= 15 is 0 Å². The summed E-state index contributed by atoms with van der Waals surface area (Å²) in [5.74, 6) is 0.854. The van der Waals surface area contributed by atoms with Gasteiger partial charge in [-0.15, -0.1) is 24.0 Å². The number of nitrogens with zero attached hydrogens (tertiary/aromatic N) is 1. The van der Waals surface area contributed by atoms with Crippen LogP contribution < -0.4 is 10.6 Å². The fourth-order valence-corrected chi connectivity index (χ4v) is 2.15. The van der Waals surface area contributed by atoms with Crippen molar-refractivity contribution < 1.29 is 9.47 Å². The molecule has 1 aromatic rings. The van der Waals surface area contributed by atoms with E-state index in [4.69, 9.17) is 9.47 Å². The van der Waals surface area contributed by atoms with Gasteiger partial charge in [-0.1, -0.05) is 37.6 Å². The number of halogens is 1. The third kappa shape index (κ3) is 12.2. The Balaban J connectivity index is 0.00000576. The minimum atomic E-state index is 0. The molecule has 25 heavy (non-hydrogen) atoms. The Morgan fingerprint density at radius 3 is 2.32 bits per heavy atom. The lowest BCUT2D eigenvalue weighted by Gasteiger charge is -2.11. The van der Waals surface area contributed by atoms with E-state index in [0.717, 1.165) is 45.1 Å². The zero-order valence-electron chi connectivity index (χ0n) is 15.8. The summed E-state index contributed by atoms with van der Waals surface area (Å²) >= 11 is 0. The normalized spacial score (nSPS) is 11.1. The van der Waals surface area contributed by atoms with E-state index in [-0.39, 0.29) is 24.0 Å².